The number of aromatic nitrogens is 1. The summed E-state index contributed by atoms with van der Waals surface area (Å²) in [4.78, 5) is 24.1. The van der Waals surface area contributed by atoms with Crippen molar-refractivity contribution in [1.29, 1.82) is 0 Å². The maximum absolute atomic E-state index is 12.2. The number of aromatic amines is 1. The lowest BCUT2D eigenvalue weighted by Gasteiger charge is -2.30. The number of rotatable bonds is 4. The van der Waals surface area contributed by atoms with Gasteiger partial charge in [0, 0.05) is 12.7 Å². The Balaban J connectivity index is 3.36. The predicted molar refractivity (Wildman–Crippen MR) is 66.3 cm³/mol. The molecule has 0 radical (unpaired) electrons. The van der Waals surface area contributed by atoms with E-state index in [0.717, 1.165) is 4.31 Å². The average Bonchev–Trinajstić information content (AvgIpc) is 2.57. The molecule has 0 saturated heterocycles. The first kappa shape index (κ1) is 14.9. The maximum Gasteiger partial charge on any atom is 0.324 e. The summed E-state index contributed by atoms with van der Waals surface area (Å²) in [6.45, 7) is 4.00. The van der Waals surface area contributed by atoms with E-state index in [-0.39, 0.29) is 9.90 Å². The summed E-state index contributed by atoms with van der Waals surface area (Å²) in [5.41, 5.74) is -1.39. The van der Waals surface area contributed by atoms with Crippen LogP contribution < -0.4 is 4.87 Å². The molecular formula is C9H14N2O5S2. The number of hydrogen-bond donors (Lipinski definition) is 2. The van der Waals surface area contributed by atoms with Gasteiger partial charge in [0.25, 0.3) is 10.0 Å². The molecule has 0 atom stereocenters. The SMILES string of the molecule is Cc1[nH]c(=O)sc1S(=O)(=O)N(C)C(C)(C)C(=O)O. The van der Waals surface area contributed by atoms with Crippen molar-refractivity contribution in [2.24, 2.45) is 0 Å². The fraction of sp³-hybridized carbons (Fsp3) is 0.556. The Bertz CT molecular complexity index is 626. The minimum Gasteiger partial charge on any atom is -0.480 e. The van der Waals surface area contributed by atoms with Crippen LogP contribution in [0.4, 0.5) is 0 Å². The number of nitrogens with zero attached hydrogens (tertiary/aromatic N) is 1. The number of nitrogens with one attached hydrogen (secondary N) is 1. The lowest BCUT2D eigenvalue weighted by Crippen LogP contribution is -2.50. The number of likely N-dealkylation sites (N-methyl/N-ethyl adjacent to an activating group) is 1. The molecule has 1 aromatic rings. The van der Waals surface area contributed by atoms with Crippen LogP contribution in [0.2, 0.25) is 0 Å². The summed E-state index contributed by atoms with van der Waals surface area (Å²) in [6, 6.07) is 0. The van der Waals surface area contributed by atoms with E-state index in [1.54, 1.807) is 0 Å². The highest BCUT2D eigenvalue weighted by Crippen LogP contribution is 2.26. The quantitative estimate of drug-likeness (QED) is 0.826. The zero-order valence-electron chi connectivity index (χ0n) is 10.3. The number of aliphatic carboxylic acids is 1. The molecule has 0 amide bonds. The van der Waals surface area contributed by atoms with Gasteiger partial charge in [-0.05, 0) is 20.8 Å². The monoisotopic (exact) mass is 294 g/mol. The van der Waals surface area contributed by atoms with E-state index in [1.165, 1.54) is 27.8 Å². The molecule has 0 saturated carbocycles. The fourth-order valence-corrected chi connectivity index (χ4v) is 4.12. The number of carboxylic acid groups (broad SMARTS) is 1. The van der Waals surface area contributed by atoms with Crippen molar-refractivity contribution in [2.45, 2.75) is 30.5 Å². The molecule has 0 aliphatic heterocycles. The maximum atomic E-state index is 12.2. The Morgan fingerprint density at radius 3 is 2.28 bits per heavy atom. The van der Waals surface area contributed by atoms with Gasteiger partial charge in [0.15, 0.2) is 4.21 Å². The first-order valence-corrected chi connectivity index (χ1v) is 7.19. The Morgan fingerprint density at radius 1 is 1.44 bits per heavy atom. The van der Waals surface area contributed by atoms with Crippen LogP contribution in [0, 0.1) is 6.92 Å². The molecule has 102 valence electrons. The highest BCUT2D eigenvalue weighted by Gasteiger charge is 2.41. The second-order valence-electron chi connectivity index (χ2n) is 4.26. The first-order chi connectivity index (χ1) is 8.01. The Morgan fingerprint density at radius 2 is 1.94 bits per heavy atom. The van der Waals surface area contributed by atoms with Gasteiger partial charge in [0.05, 0.1) is 0 Å². The van der Waals surface area contributed by atoms with Crippen molar-refractivity contribution < 1.29 is 18.3 Å². The Kier molecular flexibility index (Phi) is 3.70. The van der Waals surface area contributed by atoms with Crippen molar-refractivity contribution in [3.8, 4) is 0 Å². The third kappa shape index (κ3) is 2.33. The van der Waals surface area contributed by atoms with Crippen LogP contribution in [0.3, 0.4) is 0 Å². The molecule has 1 rings (SSSR count). The zero-order valence-corrected chi connectivity index (χ0v) is 12.0. The number of aryl methyl sites for hydroxylation is 1. The van der Waals surface area contributed by atoms with Gasteiger partial charge in [-0.15, -0.1) is 0 Å². The number of carboxylic acids is 1. The standard InChI is InChI=1S/C9H14N2O5S2/c1-5-6(17-8(14)10-5)18(15,16)11(4)9(2,3)7(12)13/h1-4H3,(H,10,14)(H,12,13). The number of thiazole rings is 1. The molecule has 18 heavy (non-hydrogen) atoms. The van der Waals surface area contributed by atoms with Crippen LogP contribution in [-0.2, 0) is 14.8 Å². The minimum absolute atomic E-state index is 0.163. The fourth-order valence-electron chi connectivity index (χ4n) is 1.20. The third-order valence-electron chi connectivity index (χ3n) is 2.69. The number of H-pyrrole nitrogens is 1. The summed E-state index contributed by atoms with van der Waals surface area (Å²) < 4.78 is 25.0. The van der Waals surface area contributed by atoms with E-state index in [1.807, 2.05) is 0 Å². The van der Waals surface area contributed by atoms with E-state index in [4.69, 9.17) is 5.11 Å². The second kappa shape index (κ2) is 4.48. The van der Waals surface area contributed by atoms with Gasteiger partial charge in [-0.25, -0.2) is 8.42 Å². The van der Waals surface area contributed by atoms with Crippen LogP contribution in [0.1, 0.15) is 19.5 Å². The van der Waals surface area contributed by atoms with Gasteiger partial charge in [0.1, 0.15) is 5.54 Å². The van der Waals surface area contributed by atoms with E-state index >= 15 is 0 Å². The normalized spacial score (nSPS) is 12.9. The van der Waals surface area contributed by atoms with Crippen LogP contribution in [0.15, 0.2) is 9.00 Å². The van der Waals surface area contributed by atoms with E-state index in [2.05, 4.69) is 4.98 Å². The smallest absolute Gasteiger partial charge is 0.324 e. The average molecular weight is 294 g/mol. The molecule has 0 spiro atoms. The third-order valence-corrected chi connectivity index (χ3v) is 6.30. The van der Waals surface area contributed by atoms with Crippen LogP contribution in [-0.4, -0.2) is 41.4 Å². The number of carbonyl (C=O) groups is 1. The van der Waals surface area contributed by atoms with Gasteiger partial charge in [0.2, 0.25) is 0 Å². The van der Waals surface area contributed by atoms with Crippen molar-refractivity contribution in [2.75, 3.05) is 7.05 Å². The molecule has 0 bridgehead atoms. The Labute approximate surface area is 108 Å². The van der Waals surface area contributed by atoms with Crippen LogP contribution >= 0.6 is 11.3 Å². The molecule has 1 heterocycles. The van der Waals surface area contributed by atoms with E-state index in [0.29, 0.717) is 11.3 Å². The predicted octanol–water partition coefficient (Wildman–Crippen LogP) is 0.229. The molecular weight excluding hydrogens is 280 g/mol. The molecule has 7 nitrogen and oxygen atoms in total. The lowest BCUT2D eigenvalue weighted by molar-refractivity contribution is -0.145. The summed E-state index contributed by atoms with van der Waals surface area (Å²) >= 11 is 0.544. The summed E-state index contributed by atoms with van der Waals surface area (Å²) in [6.07, 6.45) is 0. The van der Waals surface area contributed by atoms with Crippen molar-refractivity contribution in [3.05, 3.63) is 15.4 Å². The summed E-state index contributed by atoms with van der Waals surface area (Å²) in [7, 11) is -2.84. The molecule has 0 fully saturated rings. The molecule has 9 heteroatoms. The molecule has 0 unspecified atom stereocenters. The molecule has 0 aliphatic rings. The van der Waals surface area contributed by atoms with E-state index < -0.39 is 26.4 Å². The summed E-state index contributed by atoms with van der Waals surface area (Å²) in [5.74, 6) is -1.27. The van der Waals surface area contributed by atoms with Gasteiger partial charge >= 0.3 is 10.8 Å². The van der Waals surface area contributed by atoms with Crippen molar-refractivity contribution in [3.63, 3.8) is 0 Å². The number of sulfonamides is 1. The first-order valence-electron chi connectivity index (χ1n) is 4.93. The second-order valence-corrected chi connectivity index (χ2v) is 7.41. The summed E-state index contributed by atoms with van der Waals surface area (Å²) in [5, 5.41) is 9.02. The lowest BCUT2D eigenvalue weighted by atomic mass is 10.1. The zero-order chi connectivity index (χ0) is 14.3. The molecule has 1 aromatic heterocycles. The highest BCUT2D eigenvalue weighted by molar-refractivity contribution is 7.91. The van der Waals surface area contributed by atoms with Crippen molar-refractivity contribution in [1.82, 2.24) is 9.29 Å². The number of hydrogen-bond acceptors (Lipinski definition) is 5. The topological polar surface area (TPSA) is 108 Å². The van der Waals surface area contributed by atoms with Crippen molar-refractivity contribution >= 4 is 27.3 Å². The van der Waals surface area contributed by atoms with Crippen LogP contribution in [0.5, 0.6) is 0 Å². The largest absolute Gasteiger partial charge is 0.480 e. The molecule has 2 N–H and O–H groups in total. The van der Waals surface area contributed by atoms with Crippen LogP contribution in [0.25, 0.3) is 0 Å². The van der Waals surface area contributed by atoms with Gasteiger partial charge < -0.3 is 10.1 Å². The van der Waals surface area contributed by atoms with Gasteiger partial charge in [-0.1, -0.05) is 11.3 Å². The van der Waals surface area contributed by atoms with Gasteiger partial charge in [-0.2, -0.15) is 4.31 Å². The van der Waals surface area contributed by atoms with E-state index in [9.17, 15) is 18.0 Å². The Hall–Kier alpha value is -1.19. The minimum atomic E-state index is -4.01. The van der Waals surface area contributed by atoms with Gasteiger partial charge in [-0.3, -0.25) is 9.59 Å². The highest BCUT2D eigenvalue weighted by atomic mass is 32.2. The molecule has 0 aliphatic carbocycles. The molecule has 0 aromatic carbocycles.